The number of hydrogen-bond acceptors (Lipinski definition) is 6. The van der Waals surface area contributed by atoms with Gasteiger partial charge in [-0.25, -0.2) is 0 Å². The minimum absolute atomic E-state index is 0.0792. The molecule has 0 bridgehead atoms. The van der Waals surface area contributed by atoms with Crippen molar-refractivity contribution in [3.8, 4) is 0 Å². The summed E-state index contributed by atoms with van der Waals surface area (Å²) in [5.41, 5.74) is 0. The molecule has 2 heterocycles. The van der Waals surface area contributed by atoms with Crippen LogP contribution in [0.15, 0.2) is 22.8 Å². The van der Waals surface area contributed by atoms with Gasteiger partial charge in [-0.1, -0.05) is 18.9 Å². The van der Waals surface area contributed by atoms with Crippen LogP contribution in [0.3, 0.4) is 0 Å². The van der Waals surface area contributed by atoms with Gasteiger partial charge in [0.2, 0.25) is 0 Å². The van der Waals surface area contributed by atoms with E-state index >= 15 is 0 Å². The zero-order chi connectivity index (χ0) is 14.5. The van der Waals surface area contributed by atoms with Crippen LogP contribution >= 0.6 is 12.2 Å². The Morgan fingerprint density at radius 1 is 1.55 bits per heavy atom. The highest BCUT2D eigenvalue weighted by Gasteiger charge is 2.12. The number of tetrazole rings is 1. The number of nitrogens with zero attached hydrogens (tertiary/aromatic N) is 4. The lowest BCUT2D eigenvalue weighted by Crippen LogP contribution is -2.34. The molecule has 20 heavy (non-hydrogen) atoms. The van der Waals surface area contributed by atoms with E-state index in [1.54, 1.807) is 6.07 Å². The molecule has 0 aliphatic carbocycles. The smallest absolute Gasteiger partial charge is 0.293 e. The molecule has 0 saturated carbocycles. The first kappa shape index (κ1) is 14.1. The summed E-state index contributed by atoms with van der Waals surface area (Å²) in [6, 6.07) is 3.15. The third-order valence-corrected chi connectivity index (χ3v) is 2.38. The second-order valence-electron chi connectivity index (χ2n) is 4.45. The van der Waals surface area contributed by atoms with Crippen molar-refractivity contribution in [3.05, 3.63) is 24.2 Å². The zero-order valence-electron chi connectivity index (χ0n) is 11.0. The Kier molecular flexibility index (Phi) is 4.41. The van der Waals surface area contributed by atoms with Gasteiger partial charge in [0.15, 0.2) is 10.9 Å². The van der Waals surface area contributed by atoms with Gasteiger partial charge < -0.3 is 4.42 Å². The van der Waals surface area contributed by atoms with Gasteiger partial charge in [0.1, 0.15) is 0 Å². The van der Waals surface area contributed by atoms with Gasteiger partial charge in [0.05, 0.1) is 12.8 Å². The zero-order valence-corrected chi connectivity index (χ0v) is 11.8. The molecule has 2 aromatic heterocycles. The fourth-order valence-corrected chi connectivity index (χ4v) is 1.59. The van der Waals surface area contributed by atoms with E-state index in [0.29, 0.717) is 12.5 Å². The van der Waals surface area contributed by atoms with E-state index in [0.717, 1.165) is 0 Å². The number of rotatable bonds is 4. The van der Waals surface area contributed by atoms with Crippen LogP contribution in [-0.4, -0.2) is 31.2 Å². The van der Waals surface area contributed by atoms with Gasteiger partial charge >= 0.3 is 0 Å². The van der Waals surface area contributed by atoms with Crippen molar-refractivity contribution >= 4 is 29.2 Å². The molecular formula is C11H14N6O2S. The minimum Gasteiger partial charge on any atom is -0.459 e. The van der Waals surface area contributed by atoms with Crippen molar-refractivity contribution in [2.75, 3.05) is 5.32 Å². The highest BCUT2D eigenvalue weighted by Crippen LogP contribution is 2.01. The molecule has 0 aliphatic rings. The van der Waals surface area contributed by atoms with Crippen LogP contribution in [0.5, 0.6) is 0 Å². The summed E-state index contributed by atoms with van der Waals surface area (Å²) in [5.74, 6) is 0.366. The van der Waals surface area contributed by atoms with Crippen LogP contribution in [0, 0.1) is 5.92 Å². The van der Waals surface area contributed by atoms with Gasteiger partial charge in [0, 0.05) is 0 Å². The number of thiocarbonyl (C=S) groups is 1. The van der Waals surface area contributed by atoms with Crippen molar-refractivity contribution in [1.29, 1.82) is 0 Å². The monoisotopic (exact) mass is 294 g/mol. The standard InChI is InChI=1S/C11H14N6O2S/c1-7(2)6-17-15-10(14-16-17)13-11(20)12-9(18)8-4-3-5-19-8/h3-5,7H,6H2,1-2H3,(H2,12,13,15,18,20). The third-order valence-electron chi connectivity index (χ3n) is 2.18. The van der Waals surface area contributed by atoms with Crippen LogP contribution in [0.1, 0.15) is 24.4 Å². The van der Waals surface area contributed by atoms with Crippen LogP contribution < -0.4 is 10.6 Å². The normalized spacial score (nSPS) is 10.6. The number of carbonyl (C=O) groups is 1. The van der Waals surface area contributed by atoms with E-state index in [1.165, 1.54) is 17.1 Å². The topological polar surface area (TPSA) is 97.9 Å². The largest absolute Gasteiger partial charge is 0.459 e. The molecule has 9 heteroatoms. The number of carbonyl (C=O) groups excluding carboxylic acids is 1. The molecule has 2 rings (SSSR count). The van der Waals surface area contributed by atoms with Crippen molar-refractivity contribution < 1.29 is 9.21 Å². The average molecular weight is 294 g/mol. The second-order valence-corrected chi connectivity index (χ2v) is 4.86. The maximum Gasteiger partial charge on any atom is 0.293 e. The molecule has 106 valence electrons. The molecule has 1 amide bonds. The van der Waals surface area contributed by atoms with Crippen LogP contribution in [0.4, 0.5) is 5.95 Å². The first-order valence-corrected chi connectivity index (χ1v) is 6.39. The first-order chi connectivity index (χ1) is 9.54. The highest BCUT2D eigenvalue weighted by molar-refractivity contribution is 7.80. The van der Waals surface area contributed by atoms with E-state index in [1.807, 2.05) is 13.8 Å². The maximum atomic E-state index is 11.7. The van der Waals surface area contributed by atoms with E-state index in [9.17, 15) is 4.79 Å². The number of furan rings is 1. The fraction of sp³-hybridized carbons (Fsp3) is 0.364. The van der Waals surface area contributed by atoms with Gasteiger partial charge in [-0.05, 0) is 35.5 Å². The summed E-state index contributed by atoms with van der Waals surface area (Å²) >= 11 is 4.98. The first-order valence-electron chi connectivity index (χ1n) is 5.98. The molecule has 0 aromatic carbocycles. The SMILES string of the molecule is CC(C)Cn1nnc(NC(=S)NC(=O)c2ccco2)n1. The van der Waals surface area contributed by atoms with Crippen molar-refractivity contribution in [1.82, 2.24) is 25.5 Å². The van der Waals surface area contributed by atoms with Gasteiger partial charge in [0.25, 0.3) is 11.9 Å². The fourth-order valence-electron chi connectivity index (χ4n) is 1.40. The highest BCUT2D eigenvalue weighted by atomic mass is 32.1. The van der Waals surface area contributed by atoms with Gasteiger partial charge in [-0.2, -0.15) is 4.80 Å². The lowest BCUT2D eigenvalue weighted by Gasteiger charge is -2.04. The van der Waals surface area contributed by atoms with Gasteiger partial charge in [-0.3, -0.25) is 15.4 Å². The number of aromatic nitrogens is 4. The van der Waals surface area contributed by atoms with Crippen LogP contribution in [0.25, 0.3) is 0 Å². The molecule has 0 atom stereocenters. The Balaban J connectivity index is 1.88. The van der Waals surface area contributed by atoms with Crippen LogP contribution in [0.2, 0.25) is 0 Å². The van der Waals surface area contributed by atoms with E-state index in [4.69, 9.17) is 16.6 Å². The van der Waals surface area contributed by atoms with Crippen molar-refractivity contribution in [2.45, 2.75) is 20.4 Å². The molecule has 0 spiro atoms. The number of hydrogen-bond donors (Lipinski definition) is 2. The summed E-state index contributed by atoms with van der Waals surface area (Å²) in [6.45, 7) is 4.75. The maximum absolute atomic E-state index is 11.7. The number of anilines is 1. The molecule has 0 aliphatic heterocycles. The Morgan fingerprint density at radius 2 is 2.35 bits per heavy atom. The lowest BCUT2D eigenvalue weighted by molar-refractivity contribution is 0.0950. The second kappa shape index (κ2) is 6.24. The summed E-state index contributed by atoms with van der Waals surface area (Å²) in [5, 5.41) is 16.9. The predicted octanol–water partition coefficient (Wildman–Crippen LogP) is 1.05. The minimum atomic E-state index is -0.443. The summed E-state index contributed by atoms with van der Waals surface area (Å²) in [6.07, 6.45) is 1.41. The quantitative estimate of drug-likeness (QED) is 0.813. The molecule has 0 unspecified atom stereocenters. The van der Waals surface area contributed by atoms with Crippen molar-refractivity contribution in [2.24, 2.45) is 5.92 Å². The van der Waals surface area contributed by atoms with E-state index in [2.05, 4.69) is 26.0 Å². The number of amides is 1. The molecule has 8 nitrogen and oxygen atoms in total. The summed E-state index contributed by atoms with van der Waals surface area (Å²) in [7, 11) is 0. The predicted molar refractivity (Wildman–Crippen MR) is 75.0 cm³/mol. The van der Waals surface area contributed by atoms with E-state index in [-0.39, 0.29) is 16.8 Å². The Morgan fingerprint density at radius 3 is 3.00 bits per heavy atom. The summed E-state index contributed by atoms with van der Waals surface area (Å²) < 4.78 is 4.95. The Labute approximate surface area is 120 Å². The molecule has 0 fully saturated rings. The Bertz CT molecular complexity index is 592. The summed E-state index contributed by atoms with van der Waals surface area (Å²) in [4.78, 5) is 13.1. The molecule has 0 saturated heterocycles. The molecular weight excluding hydrogens is 280 g/mol. The molecule has 2 aromatic rings. The Hall–Kier alpha value is -2.29. The van der Waals surface area contributed by atoms with Crippen LogP contribution in [-0.2, 0) is 6.54 Å². The number of nitrogens with one attached hydrogen (secondary N) is 2. The molecule has 0 radical (unpaired) electrons. The third kappa shape index (κ3) is 3.85. The lowest BCUT2D eigenvalue weighted by atomic mass is 10.2. The van der Waals surface area contributed by atoms with Gasteiger partial charge in [-0.15, -0.1) is 5.10 Å². The van der Waals surface area contributed by atoms with Crippen molar-refractivity contribution in [3.63, 3.8) is 0 Å². The van der Waals surface area contributed by atoms with E-state index < -0.39 is 5.91 Å². The average Bonchev–Trinajstić information content (AvgIpc) is 2.99. The molecule has 2 N–H and O–H groups in total.